The van der Waals surface area contributed by atoms with Crippen molar-refractivity contribution in [1.29, 1.82) is 0 Å². The predicted molar refractivity (Wildman–Crippen MR) is 215 cm³/mol. The Hall–Kier alpha value is -1.84. The van der Waals surface area contributed by atoms with E-state index in [-0.39, 0.29) is 11.9 Å². The minimum Gasteiger partial charge on any atom is -0.462 e. The van der Waals surface area contributed by atoms with Gasteiger partial charge in [0, 0.05) is 0 Å². The molecule has 4 heteroatoms. The Kier molecular flexibility index (Phi) is 34.1. The molecule has 0 heterocycles. The van der Waals surface area contributed by atoms with Gasteiger partial charge in [-0.15, -0.1) is 0 Å². The topological polar surface area (TPSA) is 52.6 Å². The van der Waals surface area contributed by atoms with Crippen molar-refractivity contribution in [3.8, 4) is 0 Å². The molecule has 1 aromatic carbocycles. The van der Waals surface area contributed by atoms with Gasteiger partial charge in [-0.2, -0.15) is 0 Å². The van der Waals surface area contributed by atoms with Crippen LogP contribution in [0.3, 0.4) is 0 Å². The smallest absolute Gasteiger partial charge is 0.338 e. The Morgan fingerprint density at radius 2 is 0.500 bits per heavy atom. The molecule has 0 amide bonds. The Morgan fingerprint density at radius 3 is 0.700 bits per heavy atom. The van der Waals surface area contributed by atoms with Crippen LogP contribution >= 0.6 is 0 Å². The van der Waals surface area contributed by atoms with E-state index < -0.39 is 0 Å². The maximum atomic E-state index is 12.4. The van der Waals surface area contributed by atoms with Crippen molar-refractivity contribution in [2.24, 2.45) is 0 Å². The van der Waals surface area contributed by atoms with E-state index in [1.165, 1.54) is 193 Å². The van der Waals surface area contributed by atoms with E-state index in [0.29, 0.717) is 24.3 Å². The fraction of sp³-hybridized carbons (Fsp3) is 0.826. The van der Waals surface area contributed by atoms with E-state index in [1.807, 2.05) is 0 Å². The summed E-state index contributed by atoms with van der Waals surface area (Å²) in [5.74, 6) is -0.630. The number of hydrogen-bond donors (Lipinski definition) is 0. The van der Waals surface area contributed by atoms with Gasteiger partial charge in [-0.3, -0.25) is 0 Å². The highest BCUT2D eigenvalue weighted by atomic mass is 16.5. The van der Waals surface area contributed by atoms with Crippen LogP contribution in [-0.2, 0) is 9.47 Å². The summed E-state index contributed by atoms with van der Waals surface area (Å²) in [7, 11) is 0. The van der Waals surface area contributed by atoms with Crippen LogP contribution in [0.25, 0.3) is 0 Å². The summed E-state index contributed by atoms with van der Waals surface area (Å²) < 4.78 is 10.9. The monoisotopic (exact) mass is 699 g/mol. The molecule has 0 spiro atoms. The Bertz CT molecular complexity index is 792. The van der Waals surface area contributed by atoms with Crippen molar-refractivity contribution in [3.05, 3.63) is 35.4 Å². The molecule has 0 aliphatic rings. The van der Waals surface area contributed by atoms with E-state index in [1.54, 1.807) is 24.3 Å². The minimum absolute atomic E-state index is 0.315. The zero-order valence-corrected chi connectivity index (χ0v) is 33.4. The molecular weight excluding hydrogens is 617 g/mol. The number of unbranched alkanes of at least 4 members (excludes halogenated alkanes) is 32. The van der Waals surface area contributed by atoms with Crippen LogP contribution in [0.4, 0.5) is 0 Å². The minimum atomic E-state index is -0.315. The van der Waals surface area contributed by atoms with Gasteiger partial charge in [0.15, 0.2) is 0 Å². The van der Waals surface area contributed by atoms with Crippen molar-refractivity contribution >= 4 is 11.9 Å². The molecule has 290 valence electrons. The maximum absolute atomic E-state index is 12.4. The van der Waals surface area contributed by atoms with Gasteiger partial charge in [-0.25, -0.2) is 9.59 Å². The highest BCUT2D eigenvalue weighted by molar-refractivity contribution is 5.93. The molecule has 1 aromatic rings. The lowest BCUT2D eigenvalue weighted by atomic mass is 10.0. The van der Waals surface area contributed by atoms with Crippen LogP contribution in [0, 0.1) is 0 Å². The molecule has 0 saturated carbocycles. The number of esters is 2. The summed E-state index contributed by atoms with van der Waals surface area (Å²) in [6.45, 7) is 5.48. The van der Waals surface area contributed by atoms with Crippen molar-refractivity contribution < 1.29 is 19.1 Å². The summed E-state index contributed by atoms with van der Waals surface area (Å²) in [6, 6.07) is 6.68. The summed E-state index contributed by atoms with van der Waals surface area (Å²) in [5.41, 5.74) is 0.975. The highest BCUT2D eigenvalue weighted by Crippen LogP contribution is 2.16. The fourth-order valence-electron chi connectivity index (χ4n) is 6.89. The normalized spacial score (nSPS) is 11.2. The Balaban J connectivity index is 1.89. The number of hydrogen-bond acceptors (Lipinski definition) is 4. The molecule has 0 saturated heterocycles. The second-order valence-electron chi connectivity index (χ2n) is 15.2. The van der Waals surface area contributed by atoms with E-state index in [4.69, 9.17) is 9.47 Å². The number of ether oxygens (including phenoxy) is 2. The lowest BCUT2D eigenvalue weighted by molar-refractivity contribution is 0.0483. The molecule has 0 aromatic heterocycles. The fourth-order valence-corrected chi connectivity index (χ4v) is 6.89. The Morgan fingerprint density at radius 1 is 0.320 bits per heavy atom. The molecule has 0 radical (unpaired) electrons. The molecule has 1 rings (SSSR count). The maximum Gasteiger partial charge on any atom is 0.338 e. The van der Waals surface area contributed by atoms with Gasteiger partial charge in [-0.1, -0.05) is 219 Å². The van der Waals surface area contributed by atoms with Crippen LogP contribution in [0.2, 0.25) is 0 Å². The number of carbonyl (C=O) groups is 2. The van der Waals surface area contributed by atoms with E-state index in [0.717, 1.165) is 25.7 Å². The molecule has 0 N–H and O–H groups in total. The molecule has 0 aliphatic heterocycles. The van der Waals surface area contributed by atoms with Crippen LogP contribution < -0.4 is 0 Å². The predicted octanol–water partition coefficient (Wildman–Crippen LogP) is 15.3. The molecule has 0 unspecified atom stereocenters. The first-order valence-corrected chi connectivity index (χ1v) is 22.1. The van der Waals surface area contributed by atoms with E-state index in [9.17, 15) is 9.59 Å². The second kappa shape index (κ2) is 36.9. The lowest BCUT2D eigenvalue weighted by Gasteiger charge is -2.07. The van der Waals surface area contributed by atoms with Crippen molar-refractivity contribution in [1.82, 2.24) is 0 Å². The average Bonchev–Trinajstić information content (AvgIpc) is 3.13. The molecule has 50 heavy (non-hydrogen) atoms. The van der Waals surface area contributed by atoms with Crippen molar-refractivity contribution in [3.63, 3.8) is 0 Å². The first-order valence-electron chi connectivity index (χ1n) is 22.1. The molecular formula is C46H82O4. The largest absolute Gasteiger partial charge is 0.462 e. The summed E-state index contributed by atoms with van der Waals surface area (Å²) in [4.78, 5) is 24.8. The van der Waals surface area contributed by atoms with Crippen LogP contribution in [0.5, 0.6) is 0 Å². The van der Waals surface area contributed by atoms with Gasteiger partial charge in [-0.05, 0) is 37.1 Å². The summed E-state index contributed by atoms with van der Waals surface area (Å²) in [5, 5.41) is 0. The number of benzene rings is 1. The van der Waals surface area contributed by atoms with Gasteiger partial charge in [0.25, 0.3) is 0 Å². The Labute approximate surface area is 311 Å². The number of carbonyl (C=O) groups excluding carboxylic acids is 2. The average molecular weight is 699 g/mol. The van der Waals surface area contributed by atoms with Gasteiger partial charge in [0.1, 0.15) is 0 Å². The highest BCUT2D eigenvalue weighted by Gasteiger charge is 2.11. The van der Waals surface area contributed by atoms with Crippen LogP contribution in [0.1, 0.15) is 253 Å². The first-order chi connectivity index (χ1) is 24.7. The number of rotatable bonds is 38. The van der Waals surface area contributed by atoms with Crippen LogP contribution in [-0.4, -0.2) is 25.2 Å². The van der Waals surface area contributed by atoms with Gasteiger partial charge < -0.3 is 9.47 Å². The molecule has 0 bridgehead atoms. The zero-order chi connectivity index (χ0) is 36.0. The zero-order valence-electron chi connectivity index (χ0n) is 33.4. The lowest BCUT2D eigenvalue weighted by Crippen LogP contribution is -2.09. The van der Waals surface area contributed by atoms with Gasteiger partial charge in [0.2, 0.25) is 0 Å². The first kappa shape index (κ1) is 46.2. The standard InChI is InChI=1S/C46H82O4/c1-3-5-7-9-11-13-15-17-19-21-23-25-27-29-31-33-35-41-49-45(47)43-37-39-44(40-38-43)46(48)50-42-36-34-32-30-28-26-24-22-20-18-16-14-12-10-8-6-4-2/h37-40H,3-36,41-42H2,1-2H3. The quantitative estimate of drug-likeness (QED) is 0.0509. The molecule has 0 atom stereocenters. The summed E-state index contributed by atoms with van der Waals surface area (Å²) in [6.07, 6.45) is 45.4. The third-order valence-corrected chi connectivity index (χ3v) is 10.3. The third-order valence-electron chi connectivity index (χ3n) is 10.3. The third kappa shape index (κ3) is 29.8. The molecule has 0 fully saturated rings. The summed E-state index contributed by atoms with van der Waals surface area (Å²) >= 11 is 0. The van der Waals surface area contributed by atoms with E-state index in [2.05, 4.69) is 13.8 Å². The molecule has 0 aliphatic carbocycles. The van der Waals surface area contributed by atoms with E-state index >= 15 is 0 Å². The van der Waals surface area contributed by atoms with Gasteiger partial charge in [0.05, 0.1) is 24.3 Å². The van der Waals surface area contributed by atoms with Crippen LogP contribution in [0.15, 0.2) is 24.3 Å². The second-order valence-corrected chi connectivity index (χ2v) is 15.2. The SMILES string of the molecule is CCCCCCCCCCCCCCCCCCCOC(=O)c1ccc(C(=O)OCCCCCCCCCCCCCCCCCCC)cc1. The van der Waals surface area contributed by atoms with Crippen molar-refractivity contribution in [2.75, 3.05) is 13.2 Å². The van der Waals surface area contributed by atoms with Crippen molar-refractivity contribution in [2.45, 2.75) is 232 Å². The molecule has 4 nitrogen and oxygen atoms in total. The van der Waals surface area contributed by atoms with Gasteiger partial charge >= 0.3 is 11.9 Å².